The molecule has 6 nitrogen and oxygen atoms in total. The molecule has 2 N–H and O–H groups in total. The molecule has 0 radical (unpaired) electrons. The van der Waals surface area contributed by atoms with Crippen molar-refractivity contribution in [2.75, 3.05) is 30.5 Å². The fourth-order valence-electron chi connectivity index (χ4n) is 3.24. The van der Waals surface area contributed by atoms with Crippen molar-refractivity contribution < 1.29 is 19.1 Å². The normalized spacial score (nSPS) is 16.5. The van der Waals surface area contributed by atoms with Crippen LogP contribution in [0, 0.1) is 0 Å². The van der Waals surface area contributed by atoms with E-state index in [4.69, 9.17) is 21.1 Å². The number of carbonyl (C=O) groups excluding carboxylic acids is 2. The topological polar surface area (TPSA) is 76.7 Å². The largest absolute Gasteiger partial charge is 0.491 e. The van der Waals surface area contributed by atoms with Crippen molar-refractivity contribution in [3.63, 3.8) is 0 Å². The third-order valence-electron chi connectivity index (χ3n) is 4.91. The van der Waals surface area contributed by atoms with Crippen molar-refractivity contribution in [1.29, 1.82) is 0 Å². The Kier molecular flexibility index (Phi) is 9.06. The van der Waals surface area contributed by atoms with Crippen molar-refractivity contribution >= 4 is 40.9 Å². The van der Waals surface area contributed by atoms with Gasteiger partial charge in [0.1, 0.15) is 18.4 Å². The zero-order valence-corrected chi connectivity index (χ0v) is 19.0. The first-order valence-corrected chi connectivity index (χ1v) is 12.0. The summed E-state index contributed by atoms with van der Waals surface area (Å²) in [5.41, 5.74) is 0.951. The quantitative estimate of drug-likeness (QED) is 0.547. The van der Waals surface area contributed by atoms with Crippen LogP contribution >= 0.6 is 23.4 Å². The van der Waals surface area contributed by atoms with Crippen LogP contribution in [-0.4, -0.2) is 49.2 Å². The lowest BCUT2D eigenvalue weighted by Crippen LogP contribution is -2.44. The van der Waals surface area contributed by atoms with Gasteiger partial charge >= 0.3 is 0 Å². The highest BCUT2D eigenvalue weighted by Crippen LogP contribution is 2.20. The van der Waals surface area contributed by atoms with Crippen LogP contribution in [0.25, 0.3) is 0 Å². The minimum Gasteiger partial charge on any atom is -0.491 e. The van der Waals surface area contributed by atoms with Crippen LogP contribution in [0.3, 0.4) is 0 Å². The zero-order chi connectivity index (χ0) is 22.1. The highest BCUT2D eigenvalue weighted by Gasteiger charge is 2.22. The summed E-state index contributed by atoms with van der Waals surface area (Å²) in [4.78, 5) is 25.6. The summed E-state index contributed by atoms with van der Waals surface area (Å²) < 4.78 is 11.4. The molecule has 0 bridgehead atoms. The van der Waals surface area contributed by atoms with Crippen molar-refractivity contribution in [3.05, 3.63) is 59.1 Å². The Labute approximate surface area is 192 Å². The average molecular weight is 463 g/mol. The van der Waals surface area contributed by atoms with Crippen molar-refractivity contribution in [2.45, 2.75) is 31.4 Å². The van der Waals surface area contributed by atoms with E-state index in [1.165, 1.54) is 0 Å². The molecular formula is C23H27ClN2O4S. The molecule has 2 aromatic rings. The summed E-state index contributed by atoms with van der Waals surface area (Å²) in [6, 6.07) is 13.3. The van der Waals surface area contributed by atoms with Crippen LogP contribution < -0.4 is 15.4 Å². The molecule has 3 rings (SSSR count). The lowest BCUT2D eigenvalue weighted by Gasteiger charge is -2.19. The maximum absolute atomic E-state index is 12.9. The van der Waals surface area contributed by atoms with Crippen LogP contribution in [0.2, 0.25) is 5.02 Å². The number of rotatable bonds is 10. The van der Waals surface area contributed by atoms with Crippen LogP contribution in [0.1, 0.15) is 29.6 Å². The van der Waals surface area contributed by atoms with Crippen LogP contribution in [0.5, 0.6) is 5.75 Å². The molecular weight excluding hydrogens is 436 g/mol. The molecule has 1 aliphatic rings. The van der Waals surface area contributed by atoms with Gasteiger partial charge in [0.05, 0.1) is 16.7 Å². The lowest BCUT2D eigenvalue weighted by atomic mass is 10.1. The standard InChI is InChI=1S/C23H27ClN2O4S/c1-31-13-11-21(26-22(27)19-9-2-3-10-20(19)24)23(28)25-16-6-4-7-17(14-16)30-15-18-8-5-12-29-18/h2-4,6-7,9-10,14,18,21H,5,8,11-13,15H2,1H3,(H,25,28)(H,26,27)/t18-,21-/m0/s1. The number of carbonyl (C=O) groups is 2. The van der Waals surface area contributed by atoms with E-state index in [1.807, 2.05) is 18.4 Å². The summed E-state index contributed by atoms with van der Waals surface area (Å²) >= 11 is 7.73. The van der Waals surface area contributed by atoms with Crippen LogP contribution in [-0.2, 0) is 9.53 Å². The molecule has 0 aromatic heterocycles. The number of thioether (sulfide) groups is 1. The molecule has 2 aromatic carbocycles. The summed E-state index contributed by atoms with van der Waals surface area (Å²) in [5, 5.41) is 6.04. The number of halogens is 1. The molecule has 0 unspecified atom stereocenters. The Bertz CT molecular complexity index is 889. The van der Waals surface area contributed by atoms with Gasteiger partial charge in [-0.25, -0.2) is 0 Å². The molecule has 2 atom stereocenters. The number of anilines is 1. The monoisotopic (exact) mass is 462 g/mol. The van der Waals surface area contributed by atoms with E-state index in [-0.39, 0.29) is 17.9 Å². The minimum absolute atomic E-state index is 0.120. The number of nitrogens with one attached hydrogen (secondary N) is 2. The highest BCUT2D eigenvalue weighted by molar-refractivity contribution is 7.98. The van der Waals surface area contributed by atoms with E-state index in [0.717, 1.165) is 25.2 Å². The smallest absolute Gasteiger partial charge is 0.253 e. The summed E-state index contributed by atoms with van der Waals surface area (Å²) in [6.45, 7) is 1.27. The first-order valence-electron chi connectivity index (χ1n) is 10.3. The molecule has 8 heteroatoms. The lowest BCUT2D eigenvalue weighted by molar-refractivity contribution is -0.118. The molecule has 0 aliphatic carbocycles. The fourth-order valence-corrected chi connectivity index (χ4v) is 3.94. The SMILES string of the molecule is CSCC[C@H](NC(=O)c1ccccc1Cl)C(=O)Nc1cccc(OC[C@@H]2CCCO2)c1. The van der Waals surface area contributed by atoms with Crippen LogP contribution in [0.15, 0.2) is 48.5 Å². The molecule has 1 heterocycles. The second-order valence-electron chi connectivity index (χ2n) is 7.25. The van der Waals surface area contributed by atoms with Gasteiger partial charge in [0.25, 0.3) is 5.91 Å². The summed E-state index contributed by atoms with van der Waals surface area (Å²) in [7, 11) is 0. The van der Waals surface area contributed by atoms with Gasteiger partial charge in [0.2, 0.25) is 5.91 Å². The molecule has 2 amide bonds. The second-order valence-corrected chi connectivity index (χ2v) is 8.64. The Balaban J connectivity index is 1.62. The van der Waals surface area contributed by atoms with E-state index in [1.54, 1.807) is 48.2 Å². The predicted octanol–water partition coefficient (Wildman–Crippen LogP) is 4.39. The van der Waals surface area contributed by atoms with E-state index in [2.05, 4.69) is 10.6 Å². The van der Waals surface area contributed by atoms with Crippen LogP contribution in [0.4, 0.5) is 5.69 Å². The van der Waals surface area contributed by atoms with E-state index in [9.17, 15) is 9.59 Å². The van der Waals surface area contributed by atoms with E-state index < -0.39 is 6.04 Å². The predicted molar refractivity (Wildman–Crippen MR) is 125 cm³/mol. The number of amides is 2. The van der Waals surface area contributed by atoms with Gasteiger partial charge in [-0.3, -0.25) is 9.59 Å². The molecule has 1 fully saturated rings. The first kappa shape index (κ1) is 23.4. The third kappa shape index (κ3) is 7.16. The van der Waals surface area contributed by atoms with Crippen molar-refractivity contribution in [3.8, 4) is 5.75 Å². The maximum Gasteiger partial charge on any atom is 0.253 e. The van der Waals surface area contributed by atoms with Gasteiger partial charge in [0, 0.05) is 18.4 Å². The Hall–Kier alpha value is -2.22. The van der Waals surface area contributed by atoms with Gasteiger partial charge in [-0.05, 0) is 55.5 Å². The maximum atomic E-state index is 12.9. The number of benzene rings is 2. The first-order chi connectivity index (χ1) is 15.1. The van der Waals surface area contributed by atoms with Gasteiger partial charge in [-0.1, -0.05) is 29.8 Å². The second kappa shape index (κ2) is 12.0. The molecule has 1 aliphatic heterocycles. The number of ether oxygens (including phenoxy) is 2. The van der Waals surface area contributed by atoms with Gasteiger partial charge in [-0.2, -0.15) is 11.8 Å². The Morgan fingerprint density at radius 1 is 1.26 bits per heavy atom. The summed E-state index contributed by atoms with van der Waals surface area (Å²) in [6.07, 6.45) is 4.63. The number of hydrogen-bond acceptors (Lipinski definition) is 5. The molecule has 31 heavy (non-hydrogen) atoms. The molecule has 1 saturated heterocycles. The average Bonchev–Trinajstić information content (AvgIpc) is 3.29. The van der Waals surface area contributed by atoms with Gasteiger partial charge in [-0.15, -0.1) is 0 Å². The highest BCUT2D eigenvalue weighted by atomic mass is 35.5. The molecule has 0 saturated carbocycles. The van der Waals surface area contributed by atoms with Gasteiger partial charge in [0.15, 0.2) is 0 Å². The Morgan fingerprint density at radius 3 is 2.84 bits per heavy atom. The minimum atomic E-state index is -0.687. The summed E-state index contributed by atoms with van der Waals surface area (Å²) in [5.74, 6) is 0.728. The zero-order valence-electron chi connectivity index (χ0n) is 17.4. The van der Waals surface area contributed by atoms with E-state index >= 15 is 0 Å². The Morgan fingerprint density at radius 2 is 2.10 bits per heavy atom. The van der Waals surface area contributed by atoms with Gasteiger partial charge < -0.3 is 20.1 Å². The fraction of sp³-hybridized carbons (Fsp3) is 0.391. The molecule has 0 spiro atoms. The van der Waals surface area contributed by atoms with Crippen molar-refractivity contribution in [1.82, 2.24) is 5.32 Å². The van der Waals surface area contributed by atoms with Crippen molar-refractivity contribution in [2.24, 2.45) is 0 Å². The van der Waals surface area contributed by atoms with E-state index in [0.29, 0.717) is 35.1 Å². The third-order valence-corrected chi connectivity index (χ3v) is 5.89. The number of hydrogen-bond donors (Lipinski definition) is 2. The molecule has 166 valence electrons.